The number of nitrogens with two attached hydrogens (primary N) is 1. The van der Waals surface area contributed by atoms with Crippen molar-refractivity contribution in [3.05, 3.63) is 46.6 Å². The zero-order valence-electron chi connectivity index (χ0n) is 12.6. The van der Waals surface area contributed by atoms with Crippen molar-refractivity contribution in [2.24, 2.45) is 5.73 Å². The summed E-state index contributed by atoms with van der Waals surface area (Å²) < 4.78 is 0. The van der Waals surface area contributed by atoms with Gasteiger partial charge in [-0.15, -0.1) is 5.10 Å². The molecular formula is C16H22N4. The van der Waals surface area contributed by atoms with E-state index >= 15 is 0 Å². The van der Waals surface area contributed by atoms with Crippen LogP contribution in [0.4, 0.5) is 11.5 Å². The zero-order chi connectivity index (χ0) is 14.7. The molecule has 0 saturated carbocycles. The summed E-state index contributed by atoms with van der Waals surface area (Å²) in [5.74, 6) is 0.868. The molecule has 0 amide bonds. The summed E-state index contributed by atoms with van der Waals surface area (Å²) >= 11 is 0. The molecule has 2 N–H and O–H groups in total. The maximum absolute atomic E-state index is 5.93. The quantitative estimate of drug-likeness (QED) is 0.928. The van der Waals surface area contributed by atoms with Crippen LogP contribution >= 0.6 is 0 Å². The molecule has 2 rings (SSSR count). The fourth-order valence-electron chi connectivity index (χ4n) is 2.41. The highest BCUT2D eigenvalue weighted by atomic mass is 15.3. The Bertz CT molecular complexity index is 607. The van der Waals surface area contributed by atoms with Gasteiger partial charge in [-0.25, -0.2) is 0 Å². The molecule has 0 aliphatic heterocycles. The predicted octanol–water partition coefficient (Wildman–Crippen LogP) is 3.02. The van der Waals surface area contributed by atoms with Crippen molar-refractivity contribution in [3.8, 4) is 0 Å². The predicted molar refractivity (Wildman–Crippen MR) is 83.3 cm³/mol. The summed E-state index contributed by atoms with van der Waals surface area (Å²) in [6, 6.07) is 8.30. The van der Waals surface area contributed by atoms with Gasteiger partial charge in [0, 0.05) is 24.3 Å². The number of nitrogens with zero attached hydrogens (tertiary/aromatic N) is 3. The van der Waals surface area contributed by atoms with Gasteiger partial charge in [-0.1, -0.05) is 18.2 Å². The minimum Gasteiger partial charge on any atom is -0.326 e. The molecule has 106 valence electrons. The first kappa shape index (κ1) is 14.5. The highest BCUT2D eigenvalue weighted by Gasteiger charge is 2.17. The summed E-state index contributed by atoms with van der Waals surface area (Å²) in [4.78, 5) is 2.18. The molecule has 1 heterocycles. The average Bonchev–Trinajstić information content (AvgIpc) is 2.45. The van der Waals surface area contributed by atoms with Crippen molar-refractivity contribution in [2.45, 2.75) is 34.2 Å². The van der Waals surface area contributed by atoms with E-state index in [-0.39, 0.29) is 0 Å². The average molecular weight is 270 g/mol. The second kappa shape index (κ2) is 6.01. The number of aromatic nitrogens is 2. The molecule has 4 heteroatoms. The maximum Gasteiger partial charge on any atom is 0.160 e. The SMILES string of the molecule is CCN(c1ccccc1C)c1nnc(C)c(C)c1CN. The van der Waals surface area contributed by atoms with Crippen LogP contribution in [0.5, 0.6) is 0 Å². The number of hydrogen-bond donors (Lipinski definition) is 1. The Morgan fingerprint density at radius 3 is 2.40 bits per heavy atom. The van der Waals surface area contributed by atoms with Crippen molar-refractivity contribution >= 4 is 11.5 Å². The summed E-state index contributed by atoms with van der Waals surface area (Å²) in [7, 11) is 0. The van der Waals surface area contributed by atoms with E-state index in [0.717, 1.165) is 34.9 Å². The van der Waals surface area contributed by atoms with E-state index in [1.807, 2.05) is 19.1 Å². The van der Waals surface area contributed by atoms with Crippen molar-refractivity contribution in [3.63, 3.8) is 0 Å². The van der Waals surface area contributed by atoms with Crippen LogP contribution in [0.3, 0.4) is 0 Å². The number of benzene rings is 1. The van der Waals surface area contributed by atoms with Crippen molar-refractivity contribution in [2.75, 3.05) is 11.4 Å². The number of aryl methyl sites for hydroxylation is 2. The molecule has 0 aliphatic rings. The van der Waals surface area contributed by atoms with Gasteiger partial charge in [0.05, 0.1) is 5.69 Å². The largest absolute Gasteiger partial charge is 0.326 e. The Hall–Kier alpha value is -1.94. The molecule has 0 unspecified atom stereocenters. The first-order chi connectivity index (χ1) is 9.60. The molecule has 4 nitrogen and oxygen atoms in total. The lowest BCUT2D eigenvalue weighted by atomic mass is 10.1. The van der Waals surface area contributed by atoms with E-state index in [4.69, 9.17) is 5.73 Å². The van der Waals surface area contributed by atoms with Gasteiger partial charge in [-0.3, -0.25) is 0 Å². The van der Waals surface area contributed by atoms with Crippen molar-refractivity contribution in [1.29, 1.82) is 0 Å². The highest BCUT2D eigenvalue weighted by Crippen LogP contribution is 2.30. The highest BCUT2D eigenvalue weighted by molar-refractivity contribution is 5.66. The number of hydrogen-bond acceptors (Lipinski definition) is 4. The summed E-state index contributed by atoms with van der Waals surface area (Å²) in [5.41, 5.74) is 11.5. The van der Waals surface area contributed by atoms with Crippen molar-refractivity contribution in [1.82, 2.24) is 10.2 Å². The van der Waals surface area contributed by atoms with Crippen LogP contribution in [0.2, 0.25) is 0 Å². The topological polar surface area (TPSA) is 55.0 Å². The van der Waals surface area contributed by atoms with Crippen LogP contribution in [0.25, 0.3) is 0 Å². The van der Waals surface area contributed by atoms with E-state index in [0.29, 0.717) is 6.54 Å². The first-order valence-corrected chi connectivity index (χ1v) is 6.96. The Morgan fingerprint density at radius 2 is 1.80 bits per heavy atom. The second-order valence-corrected chi connectivity index (χ2v) is 4.95. The first-order valence-electron chi connectivity index (χ1n) is 6.96. The molecule has 2 aromatic rings. The van der Waals surface area contributed by atoms with Gasteiger partial charge in [0.2, 0.25) is 0 Å². The monoisotopic (exact) mass is 270 g/mol. The lowest BCUT2D eigenvalue weighted by Crippen LogP contribution is -2.22. The number of anilines is 2. The summed E-state index contributed by atoms with van der Waals surface area (Å²) in [6.07, 6.45) is 0. The molecule has 0 bridgehead atoms. The van der Waals surface area contributed by atoms with E-state index < -0.39 is 0 Å². The van der Waals surface area contributed by atoms with Crippen LogP contribution in [0.15, 0.2) is 24.3 Å². The fraction of sp³-hybridized carbons (Fsp3) is 0.375. The molecule has 0 spiro atoms. The van der Waals surface area contributed by atoms with E-state index in [2.05, 4.69) is 48.0 Å². The van der Waals surface area contributed by atoms with Gasteiger partial charge in [-0.05, 0) is 44.9 Å². The fourth-order valence-corrected chi connectivity index (χ4v) is 2.41. The van der Waals surface area contributed by atoms with Crippen LogP contribution in [-0.2, 0) is 6.54 Å². The van der Waals surface area contributed by atoms with Gasteiger partial charge < -0.3 is 10.6 Å². The van der Waals surface area contributed by atoms with Crippen molar-refractivity contribution < 1.29 is 0 Å². The third-order valence-corrected chi connectivity index (χ3v) is 3.74. The lowest BCUT2D eigenvalue weighted by molar-refractivity contribution is 0.861. The van der Waals surface area contributed by atoms with Gasteiger partial charge in [0.25, 0.3) is 0 Å². The third-order valence-electron chi connectivity index (χ3n) is 3.74. The van der Waals surface area contributed by atoms with Crippen LogP contribution < -0.4 is 10.6 Å². The zero-order valence-corrected chi connectivity index (χ0v) is 12.6. The number of rotatable bonds is 4. The van der Waals surface area contributed by atoms with Crippen LogP contribution in [-0.4, -0.2) is 16.7 Å². The molecular weight excluding hydrogens is 248 g/mol. The molecule has 0 aliphatic carbocycles. The van der Waals surface area contributed by atoms with E-state index in [9.17, 15) is 0 Å². The lowest BCUT2D eigenvalue weighted by Gasteiger charge is -2.26. The maximum atomic E-state index is 5.93. The normalized spacial score (nSPS) is 10.7. The molecule has 0 atom stereocenters. The molecule has 1 aromatic heterocycles. The Labute approximate surface area is 120 Å². The van der Waals surface area contributed by atoms with Gasteiger partial charge in [-0.2, -0.15) is 5.10 Å². The summed E-state index contributed by atoms with van der Waals surface area (Å²) in [5, 5.41) is 8.66. The van der Waals surface area contributed by atoms with Crippen LogP contribution in [0.1, 0.15) is 29.3 Å². The standard InChI is InChI=1S/C16H22N4/c1-5-20(15-9-7-6-8-11(15)2)16-14(10-17)12(3)13(4)18-19-16/h6-9H,5,10,17H2,1-4H3. The molecule has 0 fully saturated rings. The third kappa shape index (κ3) is 2.51. The second-order valence-electron chi connectivity index (χ2n) is 4.95. The van der Waals surface area contributed by atoms with E-state index in [1.54, 1.807) is 0 Å². The Kier molecular flexibility index (Phi) is 4.35. The molecule has 20 heavy (non-hydrogen) atoms. The molecule has 1 aromatic carbocycles. The van der Waals surface area contributed by atoms with Gasteiger partial charge in [0.15, 0.2) is 5.82 Å². The summed E-state index contributed by atoms with van der Waals surface area (Å²) in [6.45, 7) is 9.55. The minimum absolute atomic E-state index is 0.472. The molecule has 0 saturated heterocycles. The van der Waals surface area contributed by atoms with Gasteiger partial charge in [0.1, 0.15) is 0 Å². The molecule has 0 radical (unpaired) electrons. The van der Waals surface area contributed by atoms with Gasteiger partial charge >= 0.3 is 0 Å². The van der Waals surface area contributed by atoms with Crippen LogP contribution in [0, 0.1) is 20.8 Å². The number of para-hydroxylation sites is 1. The minimum atomic E-state index is 0.472. The van der Waals surface area contributed by atoms with E-state index in [1.165, 1.54) is 5.56 Å². The Balaban J connectivity index is 2.59. The smallest absolute Gasteiger partial charge is 0.160 e. The Morgan fingerprint density at radius 1 is 1.10 bits per heavy atom.